The molecule has 2 atom stereocenters. The first kappa shape index (κ1) is 32.7. The lowest BCUT2D eigenvalue weighted by molar-refractivity contribution is -0.148. The van der Waals surface area contributed by atoms with Crippen LogP contribution in [0.2, 0.25) is 0 Å². The van der Waals surface area contributed by atoms with E-state index in [1.807, 2.05) is 16.8 Å². The van der Waals surface area contributed by atoms with Crippen LogP contribution in [0.3, 0.4) is 0 Å². The standard InChI is InChI=1S/C25H45N5O4.2ClH/c1-28(19-8-4-2-3-5-9-19)22(18-23(31)32)24(33)30-14-7-6-10-20(30)13-17-34-21-11-15-29(16-12-21)25(26)27;;/h19-22H,2-18H2,1H3,(H3,26,27)(H,31,32);2*1H/t20-,22-;;/m0../s1. The van der Waals surface area contributed by atoms with Crippen molar-refractivity contribution < 1.29 is 19.4 Å². The monoisotopic (exact) mass is 551 g/mol. The zero-order chi connectivity index (χ0) is 24.5. The number of amides is 1. The van der Waals surface area contributed by atoms with Crippen LogP contribution >= 0.6 is 24.8 Å². The van der Waals surface area contributed by atoms with E-state index in [-0.39, 0.29) is 61.3 Å². The number of carboxylic acids is 1. The molecule has 0 bridgehead atoms. The molecule has 3 aliphatic rings. The van der Waals surface area contributed by atoms with Gasteiger partial charge in [-0.2, -0.15) is 0 Å². The Hall–Kier alpha value is -1.29. The number of aliphatic carboxylic acids is 1. The van der Waals surface area contributed by atoms with E-state index in [1.165, 1.54) is 12.8 Å². The molecule has 36 heavy (non-hydrogen) atoms. The number of carboxylic acid groups (broad SMARTS) is 1. The highest BCUT2D eigenvalue weighted by atomic mass is 35.5. The maximum Gasteiger partial charge on any atom is 0.305 e. The number of guanidine groups is 1. The third-order valence-electron chi connectivity index (χ3n) is 8.04. The minimum Gasteiger partial charge on any atom is -0.481 e. The Kier molecular flexibility index (Phi) is 15.0. The molecule has 3 rings (SSSR count). The van der Waals surface area contributed by atoms with E-state index >= 15 is 0 Å². The van der Waals surface area contributed by atoms with Crippen LogP contribution in [0, 0.1) is 5.41 Å². The summed E-state index contributed by atoms with van der Waals surface area (Å²) in [7, 11) is 1.96. The molecule has 0 aromatic carbocycles. The van der Waals surface area contributed by atoms with Crippen LogP contribution in [-0.4, -0.2) is 95.2 Å². The zero-order valence-electron chi connectivity index (χ0n) is 21.7. The van der Waals surface area contributed by atoms with Gasteiger partial charge in [0.25, 0.3) is 0 Å². The fourth-order valence-corrected chi connectivity index (χ4v) is 5.91. The van der Waals surface area contributed by atoms with Crippen LogP contribution < -0.4 is 5.73 Å². The van der Waals surface area contributed by atoms with Gasteiger partial charge in [-0.1, -0.05) is 25.7 Å². The zero-order valence-corrected chi connectivity index (χ0v) is 23.4. The Labute approximate surface area is 228 Å². The van der Waals surface area contributed by atoms with Crippen molar-refractivity contribution in [1.29, 1.82) is 5.41 Å². The van der Waals surface area contributed by atoms with Crippen LogP contribution in [0.1, 0.15) is 83.5 Å². The summed E-state index contributed by atoms with van der Waals surface area (Å²) in [5.41, 5.74) is 5.58. The number of halogens is 2. The molecule has 3 fully saturated rings. The molecule has 2 aliphatic heterocycles. The van der Waals surface area contributed by atoms with Crippen molar-refractivity contribution in [3.63, 3.8) is 0 Å². The van der Waals surface area contributed by atoms with Gasteiger partial charge in [0.2, 0.25) is 5.91 Å². The van der Waals surface area contributed by atoms with Gasteiger partial charge in [0.1, 0.15) is 0 Å². The number of hydrogen-bond donors (Lipinski definition) is 3. The number of nitrogens with one attached hydrogen (secondary N) is 1. The lowest BCUT2D eigenvalue weighted by atomic mass is 9.96. The van der Waals surface area contributed by atoms with Gasteiger partial charge in [0.05, 0.1) is 18.6 Å². The topological polar surface area (TPSA) is 123 Å². The number of ether oxygens (including phenoxy) is 1. The number of nitrogens with two attached hydrogens (primary N) is 1. The molecule has 11 heteroatoms. The number of likely N-dealkylation sites (tertiary alicyclic amines) is 2. The fourth-order valence-electron chi connectivity index (χ4n) is 5.91. The smallest absolute Gasteiger partial charge is 0.305 e. The maximum absolute atomic E-state index is 13.7. The van der Waals surface area contributed by atoms with Crippen molar-refractivity contribution in [1.82, 2.24) is 14.7 Å². The largest absolute Gasteiger partial charge is 0.481 e. The average Bonchev–Trinajstić information content (AvgIpc) is 3.12. The summed E-state index contributed by atoms with van der Waals surface area (Å²) >= 11 is 0. The lowest BCUT2D eigenvalue weighted by Gasteiger charge is -2.41. The number of carbonyl (C=O) groups excluding carboxylic acids is 1. The van der Waals surface area contributed by atoms with Crippen molar-refractivity contribution in [3.8, 4) is 0 Å². The van der Waals surface area contributed by atoms with E-state index in [2.05, 4.69) is 4.90 Å². The fraction of sp³-hybridized carbons (Fsp3) is 0.880. The first-order valence-corrected chi connectivity index (χ1v) is 13.3. The minimum atomic E-state index is -0.910. The number of rotatable bonds is 9. The van der Waals surface area contributed by atoms with Gasteiger partial charge in [-0.05, 0) is 58.4 Å². The molecule has 0 unspecified atom stereocenters. The lowest BCUT2D eigenvalue weighted by Crippen LogP contribution is -2.55. The molecule has 0 aromatic heterocycles. The van der Waals surface area contributed by atoms with Crippen LogP contribution in [0.15, 0.2) is 0 Å². The average molecular weight is 553 g/mol. The molecule has 9 nitrogen and oxygen atoms in total. The minimum absolute atomic E-state index is 0. The number of carbonyl (C=O) groups is 2. The predicted molar refractivity (Wildman–Crippen MR) is 146 cm³/mol. The Morgan fingerprint density at radius 3 is 2.19 bits per heavy atom. The number of nitrogens with zero attached hydrogens (tertiary/aromatic N) is 3. The van der Waals surface area contributed by atoms with Gasteiger partial charge >= 0.3 is 5.97 Å². The quantitative estimate of drug-likeness (QED) is 0.227. The number of likely N-dealkylation sites (N-methyl/N-ethyl adjacent to an activating group) is 1. The summed E-state index contributed by atoms with van der Waals surface area (Å²) in [6.07, 6.45) is 12.4. The summed E-state index contributed by atoms with van der Waals surface area (Å²) in [4.78, 5) is 31.3. The highest BCUT2D eigenvalue weighted by Gasteiger charge is 2.37. The van der Waals surface area contributed by atoms with Gasteiger partial charge in [-0.15, -0.1) is 24.8 Å². The van der Waals surface area contributed by atoms with Crippen LogP contribution in [-0.2, 0) is 14.3 Å². The first-order valence-electron chi connectivity index (χ1n) is 13.3. The number of hydrogen-bond acceptors (Lipinski definition) is 5. The van der Waals surface area contributed by atoms with E-state index in [0.29, 0.717) is 13.2 Å². The van der Waals surface area contributed by atoms with Gasteiger partial charge in [-0.3, -0.25) is 19.9 Å². The second kappa shape index (κ2) is 16.5. The van der Waals surface area contributed by atoms with Gasteiger partial charge in [0.15, 0.2) is 5.96 Å². The van der Waals surface area contributed by atoms with Crippen LogP contribution in [0.5, 0.6) is 0 Å². The molecular formula is C25H47Cl2N5O4. The third-order valence-corrected chi connectivity index (χ3v) is 8.04. The Bertz CT molecular complexity index is 685. The maximum atomic E-state index is 13.7. The Morgan fingerprint density at radius 2 is 1.61 bits per heavy atom. The predicted octanol–water partition coefficient (Wildman–Crippen LogP) is 3.47. The second-order valence-corrected chi connectivity index (χ2v) is 10.3. The van der Waals surface area contributed by atoms with E-state index < -0.39 is 12.0 Å². The molecule has 1 amide bonds. The van der Waals surface area contributed by atoms with E-state index in [1.54, 1.807) is 0 Å². The Morgan fingerprint density at radius 1 is 1.00 bits per heavy atom. The van der Waals surface area contributed by atoms with Crippen molar-refractivity contribution in [2.45, 2.75) is 108 Å². The molecule has 210 valence electrons. The van der Waals surface area contributed by atoms with E-state index in [4.69, 9.17) is 15.9 Å². The molecule has 2 heterocycles. The van der Waals surface area contributed by atoms with Crippen LogP contribution in [0.4, 0.5) is 0 Å². The molecule has 4 N–H and O–H groups in total. The van der Waals surface area contributed by atoms with Gasteiger partial charge < -0.3 is 25.4 Å². The summed E-state index contributed by atoms with van der Waals surface area (Å²) in [6.45, 7) is 2.80. The summed E-state index contributed by atoms with van der Waals surface area (Å²) in [5, 5.41) is 17.2. The van der Waals surface area contributed by atoms with Gasteiger partial charge in [-0.25, -0.2) is 0 Å². The normalized spacial score (nSPS) is 22.8. The summed E-state index contributed by atoms with van der Waals surface area (Å²) < 4.78 is 6.14. The van der Waals surface area contributed by atoms with E-state index in [0.717, 1.165) is 77.3 Å². The van der Waals surface area contributed by atoms with Crippen molar-refractivity contribution in [2.75, 3.05) is 33.3 Å². The molecule has 1 aliphatic carbocycles. The molecular weight excluding hydrogens is 505 g/mol. The van der Waals surface area contributed by atoms with Crippen molar-refractivity contribution in [3.05, 3.63) is 0 Å². The molecule has 0 radical (unpaired) electrons. The number of piperidine rings is 2. The molecule has 1 saturated carbocycles. The molecule has 0 aromatic rings. The van der Waals surface area contributed by atoms with Gasteiger partial charge in [0, 0.05) is 38.3 Å². The van der Waals surface area contributed by atoms with Crippen LogP contribution in [0.25, 0.3) is 0 Å². The highest BCUT2D eigenvalue weighted by molar-refractivity contribution is 5.86. The second-order valence-electron chi connectivity index (χ2n) is 10.3. The SMILES string of the molecule is CN(C1CCCCCC1)[C@@H](CC(=O)O)C(=O)N1CCCC[C@H]1CCOC1CCN(C(=N)N)CC1.Cl.Cl. The molecule has 0 spiro atoms. The summed E-state index contributed by atoms with van der Waals surface area (Å²) in [5.74, 6) is -0.805. The molecule has 2 saturated heterocycles. The third kappa shape index (κ3) is 9.54. The highest BCUT2D eigenvalue weighted by Crippen LogP contribution is 2.27. The van der Waals surface area contributed by atoms with Crippen molar-refractivity contribution >= 4 is 42.7 Å². The Balaban J connectivity index is 0.00000324. The first-order chi connectivity index (χ1) is 16.4. The van der Waals surface area contributed by atoms with Crippen molar-refractivity contribution in [2.24, 2.45) is 5.73 Å². The van der Waals surface area contributed by atoms with E-state index in [9.17, 15) is 14.7 Å². The summed E-state index contributed by atoms with van der Waals surface area (Å²) in [6, 6.07) is -0.210.